The Balaban J connectivity index is 1.88. The molecule has 3 heteroatoms. The number of carbonyl (C=O) groups excluding carboxylic acids is 1. The van der Waals surface area contributed by atoms with Gasteiger partial charge in [0, 0.05) is 11.2 Å². The van der Waals surface area contributed by atoms with Crippen LogP contribution in [-0.2, 0) is 11.2 Å². The molecule has 3 nitrogen and oxygen atoms in total. The monoisotopic (exact) mass is 260 g/mol. The van der Waals surface area contributed by atoms with Crippen molar-refractivity contribution >= 4 is 11.6 Å². The number of benzene rings is 1. The van der Waals surface area contributed by atoms with Crippen LogP contribution in [0.25, 0.3) is 0 Å². The molecular weight excluding hydrogens is 236 g/mol. The lowest BCUT2D eigenvalue weighted by Gasteiger charge is -2.37. The van der Waals surface area contributed by atoms with E-state index in [0.717, 1.165) is 30.0 Å². The standard InChI is InChI=1S/C16H24N2O/c1-12-7-9-16(2,10-8-12)18-15(19)11-13-3-5-14(17)6-4-13/h3-6,12H,7-11,17H2,1-2H3,(H,18,19). The summed E-state index contributed by atoms with van der Waals surface area (Å²) in [5.74, 6) is 0.906. The molecule has 1 aliphatic rings. The number of rotatable bonds is 3. The van der Waals surface area contributed by atoms with Crippen LogP contribution in [0.15, 0.2) is 24.3 Å². The van der Waals surface area contributed by atoms with Gasteiger partial charge >= 0.3 is 0 Å². The van der Waals surface area contributed by atoms with Crippen LogP contribution in [0.2, 0.25) is 0 Å². The second-order valence-electron chi connectivity index (χ2n) is 6.21. The highest BCUT2D eigenvalue weighted by atomic mass is 16.1. The molecule has 3 N–H and O–H groups in total. The van der Waals surface area contributed by atoms with Gasteiger partial charge in [0.25, 0.3) is 0 Å². The van der Waals surface area contributed by atoms with Crippen LogP contribution in [0.4, 0.5) is 5.69 Å². The number of nitrogens with two attached hydrogens (primary N) is 1. The Kier molecular flexibility index (Phi) is 4.13. The van der Waals surface area contributed by atoms with E-state index in [4.69, 9.17) is 5.73 Å². The molecule has 1 aromatic carbocycles. The van der Waals surface area contributed by atoms with Crippen molar-refractivity contribution in [2.75, 3.05) is 5.73 Å². The molecular formula is C16H24N2O. The normalized spacial score (nSPS) is 26.9. The lowest BCUT2D eigenvalue weighted by Crippen LogP contribution is -2.48. The molecule has 104 valence electrons. The molecule has 0 aromatic heterocycles. The molecule has 0 unspecified atom stereocenters. The van der Waals surface area contributed by atoms with E-state index in [9.17, 15) is 4.79 Å². The van der Waals surface area contributed by atoms with Gasteiger partial charge < -0.3 is 11.1 Å². The SMILES string of the molecule is CC1CCC(C)(NC(=O)Cc2ccc(N)cc2)CC1. The summed E-state index contributed by atoms with van der Waals surface area (Å²) in [6.07, 6.45) is 5.02. The predicted molar refractivity (Wildman–Crippen MR) is 78.7 cm³/mol. The summed E-state index contributed by atoms with van der Waals surface area (Å²) in [6.45, 7) is 4.45. The zero-order chi connectivity index (χ0) is 13.9. The van der Waals surface area contributed by atoms with Gasteiger partial charge in [-0.1, -0.05) is 19.1 Å². The van der Waals surface area contributed by atoms with Crippen LogP contribution < -0.4 is 11.1 Å². The van der Waals surface area contributed by atoms with Gasteiger partial charge in [0.2, 0.25) is 5.91 Å². The Labute approximate surface area is 115 Å². The van der Waals surface area contributed by atoms with Crippen molar-refractivity contribution < 1.29 is 4.79 Å². The maximum Gasteiger partial charge on any atom is 0.224 e. The highest BCUT2D eigenvalue weighted by molar-refractivity contribution is 5.79. The van der Waals surface area contributed by atoms with Gasteiger partial charge in [-0.3, -0.25) is 4.79 Å². The van der Waals surface area contributed by atoms with Crippen LogP contribution in [0.1, 0.15) is 45.1 Å². The average molecular weight is 260 g/mol. The van der Waals surface area contributed by atoms with Crippen LogP contribution in [-0.4, -0.2) is 11.4 Å². The van der Waals surface area contributed by atoms with Crippen molar-refractivity contribution in [2.45, 2.75) is 51.5 Å². The second kappa shape index (κ2) is 5.64. The molecule has 0 bridgehead atoms. The highest BCUT2D eigenvalue weighted by Gasteiger charge is 2.30. The number of amides is 1. The van der Waals surface area contributed by atoms with E-state index < -0.39 is 0 Å². The molecule has 0 atom stereocenters. The lowest BCUT2D eigenvalue weighted by atomic mass is 9.78. The largest absolute Gasteiger partial charge is 0.399 e. The molecule has 1 fully saturated rings. The van der Waals surface area contributed by atoms with Crippen LogP contribution in [0.3, 0.4) is 0 Å². The van der Waals surface area contributed by atoms with E-state index in [1.165, 1.54) is 12.8 Å². The molecule has 0 heterocycles. The topological polar surface area (TPSA) is 55.1 Å². The van der Waals surface area contributed by atoms with E-state index in [-0.39, 0.29) is 11.4 Å². The van der Waals surface area contributed by atoms with E-state index in [2.05, 4.69) is 19.2 Å². The number of hydrogen-bond donors (Lipinski definition) is 2. The Morgan fingerprint density at radius 1 is 1.32 bits per heavy atom. The van der Waals surface area contributed by atoms with Gasteiger partial charge in [0.15, 0.2) is 0 Å². The quantitative estimate of drug-likeness (QED) is 0.821. The first-order valence-corrected chi connectivity index (χ1v) is 7.12. The number of hydrogen-bond acceptors (Lipinski definition) is 2. The van der Waals surface area contributed by atoms with Gasteiger partial charge in [-0.05, 0) is 56.2 Å². The molecule has 1 aliphatic carbocycles. The van der Waals surface area contributed by atoms with Crippen molar-refractivity contribution in [3.8, 4) is 0 Å². The first kappa shape index (κ1) is 13.9. The van der Waals surface area contributed by atoms with E-state index in [0.29, 0.717) is 6.42 Å². The van der Waals surface area contributed by atoms with Gasteiger partial charge in [0.05, 0.1) is 6.42 Å². The predicted octanol–water partition coefficient (Wildman–Crippen LogP) is 2.90. The molecule has 2 rings (SSSR count). The Bertz CT molecular complexity index is 431. The second-order valence-corrected chi connectivity index (χ2v) is 6.21. The van der Waals surface area contributed by atoms with E-state index in [1.54, 1.807) is 0 Å². The smallest absolute Gasteiger partial charge is 0.224 e. The first-order valence-electron chi connectivity index (χ1n) is 7.12. The Hall–Kier alpha value is -1.51. The van der Waals surface area contributed by atoms with Crippen molar-refractivity contribution in [2.24, 2.45) is 5.92 Å². The summed E-state index contributed by atoms with van der Waals surface area (Å²) in [4.78, 5) is 12.1. The van der Waals surface area contributed by atoms with Crippen molar-refractivity contribution in [1.29, 1.82) is 0 Å². The van der Waals surface area contributed by atoms with Gasteiger partial charge in [-0.15, -0.1) is 0 Å². The fraction of sp³-hybridized carbons (Fsp3) is 0.562. The number of carbonyl (C=O) groups is 1. The summed E-state index contributed by atoms with van der Waals surface area (Å²) in [6, 6.07) is 7.51. The molecule has 0 saturated heterocycles. The number of nitrogens with one attached hydrogen (secondary N) is 1. The lowest BCUT2D eigenvalue weighted by molar-refractivity contribution is -0.122. The van der Waals surface area contributed by atoms with Gasteiger partial charge in [-0.25, -0.2) is 0 Å². The zero-order valence-corrected chi connectivity index (χ0v) is 11.9. The molecule has 1 aromatic rings. The minimum absolute atomic E-state index is 0.0165. The maximum atomic E-state index is 12.1. The summed E-state index contributed by atoms with van der Waals surface area (Å²) < 4.78 is 0. The Morgan fingerprint density at radius 2 is 1.89 bits per heavy atom. The summed E-state index contributed by atoms with van der Waals surface area (Å²) in [7, 11) is 0. The Morgan fingerprint density at radius 3 is 2.47 bits per heavy atom. The van der Waals surface area contributed by atoms with Crippen LogP contribution >= 0.6 is 0 Å². The van der Waals surface area contributed by atoms with Crippen LogP contribution in [0, 0.1) is 5.92 Å². The summed E-state index contributed by atoms with van der Waals surface area (Å²) >= 11 is 0. The minimum atomic E-state index is -0.0165. The van der Waals surface area contributed by atoms with Crippen molar-refractivity contribution in [3.63, 3.8) is 0 Å². The third-order valence-corrected chi connectivity index (χ3v) is 4.16. The minimum Gasteiger partial charge on any atom is -0.399 e. The number of nitrogen functional groups attached to an aromatic ring is 1. The molecule has 1 amide bonds. The summed E-state index contributed by atoms with van der Waals surface area (Å²) in [5, 5.41) is 3.21. The molecule has 0 spiro atoms. The molecule has 0 radical (unpaired) electrons. The molecule has 19 heavy (non-hydrogen) atoms. The third-order valence-electron chi connectivity index (χ3n) is 4.16. The fourth-order valence-corrected chi connectivity index (χ4v) is 2.73. The van der Waals surface area contributed by atoms with Gasteiger partial charge in [0.1, 0.15) is 0 Å². The summed E-state index contributed by atoms with van der Waals surface area (Å²) in [5.41, 5.74) is 7.37. The van der Waals surface area contributed by atoms with E-state index in [1.807, 2.05) is 24.3 Å². The van der Waals surface area contributed by atoms with Crippen molar-refractivity contribution in [3.05, 3.63) is 29.8 Å². The van der Waals surface area contributed by atoms with Crippen LogP contribution in [0.5, 0.6) is 0 Å². The van der Waals surface area contributed by atoms with Gasteiger partial charge in [-0.2, -0.15) is 0 Å². The third kappa shape index (κ3) is 3.98. The highest BCUT2D eigenvalue weighted by Crippen LogP contribution is 2.31. The maximum absolute atomic E-state index is 12.1. The van der Waals surface area contributed by atoms with E-state index >= 15 is 0 Å². The molecule has 0 aliphatic heterocycles. The molecule has 1 saturated carbocycles. The first-order chi connectivity index (χ1) is 8.97. The number of anilines is 1. The average Bonchev–Trinajstić information content (AvgIpc) is 2.36. The van der Waals surface area contributed by atoms with Crippen molar-refractivity contribution in [1.82, 2.24) is 5.32 Å². The fourth-order valence-electron chi connectivity index (χ4n) is 2.73. The zero-order valence-electron chi connectivity index (χ0n) is 11.9.